The van der Waals surface area contributed by atoms with E-state index in [0.29, 0.717) is 59.6 Å². The molecule has 11 fully saturated rings. The lowest BCUT2D eigenvalue weighted by molar-refractivity contribution is 0.0202. The van der Waals surface area contributed by atoms with Gasteiger partial charge < -0.3 is 0 Å². The van der Waals surface area contributed by atoms with Crippen molar-refractivity contribution in [1.82, 2.24) is 0 Å². The Kier molecular flexibility index (Phi) is 31.8. The first-order valence-electron chi connectivity index (χ1n) is 41.1. The molecule has 0 radical (unpaired) electrons. The lowest BCUT2D eigenvalue weighted by Crippen LogP contribution is -2.38. The van der Waals surface area contributed by atoms with Crippen LogP contribution in [0.15, 0.2) is 0 Å². The van der Waals surface area contributed by atoms with Crippen molar-refractivity contribution in [3.63, 3.8) is 0 Å². The SMILES string of the molecule is CC1(C)CC(C)(C)CC(C)(C)C1.CC1C(C)(C)CCCC1(C)C.CC1C2CCC(C2)[C@H]1C.CC1CC(C)(C)CC(C)(C)C1.CC1CCC(C)(C)CC1.CC1CCCC(C)C1C.CCC1CC(C)(C)CC(C)(C)C1.C[C@@H]1CCCCC1(C)C.C[C@H]1CC2CCC1(C)C2. The Labute approximate surface area is 579 Å². The lowest BCUT2D eigenvalue weighted by Gasteiger charge is -2.49. The standard InChI is InChI=1S/2C12H24.2C11H22.2C9H16.3C9H18/c1-10(2)7-11(3,4)9-12(5,6)8-10;1-6-10-7-11(2,3)9-12(4,5)8-10;1-9-6-10(2,3)8-11(4,5)7-9;1-9-10(2,3)7-6-8-11(9,4)5;1-7-5-8-3-4-9(7,2)6-8;1-6-7(2)9-4-3-8(6)5-9;1-8-4-6-9(2,3)7-5-8;1-8-6-4-5-7-9(8,2)3;1-7-5-4-6-8(2)9(7)3/h7-9H2,1-6H3;10H,6-9H2,1-5H3;2*9H,6-8H2,1-5H3;7-8H,3-6H2,1-2H3;6-9H,3-5H2,1-2H3;2*8H,4-7H2,1-3H3;7-9H,4-6H2,1-3H3/t;;;;7-,8?,9?;6-,7?,8?,9?;;8-;/m....00.1./s1. The predicted molar refractivity (Wildman–Crippen MR) is 414 cm³/mol. The molecule has 0 aliphatic heterocycles. The first-order chi connectivity index (χ1) is 41.1. The smallest absolute Gasteiger partial charge is 0.0297 e. The summed E-state index contributed by atoms with van der Waals surface area (Å²) in [6.07, 6.45) is 45.0. The van der Waals surface area contributed by atoms with E-state index < -0.39 is 0 Å². The topological polar surface area (TPSA) is 0 Å². The molecule has 4 bridgehead atoms. The third-order valence-corrected chi connectivity index (χ3v) is 29.2. The van der Waals surface area contributed by atoms with E-state index in [4.69, 9.17) is 0 Å². The molecule has 10 atom stereocenters. The molecule has 0 heterocycles. The Morgan fingerprint density at radius 3 is 0.945 bits per heavy atom. The Balaban J connectivity index is 0.000000268. The monoisotopic (exact) mass is 1270 g/mol. The first kappa shape index (κ1) is 85.2. The molecule has 11 saturated carbocycles. The van der Waals surface area contributed by atoms with E-state index in [-0.39, 0.29) is 0 Å². The zero-order valence-electron chi connectivity index (χ0n) is 70.0. The highest BCUT2D eigenvalue weighted by Gasteiger charge is 2.47. The Morgan fingerprint density at radius 2 is 0.681 bits per heavy atom. The van der Waals surface area contributed by atoms with Crippen LogP contribution in [-0.2, 0) is 0 Å². The van der Waals surface area contributed by atoms with Gasteiger partial charge in [0.25, 0.3) is 0 Å². The van der Waals surface area contributed by atoms with Gasteiger partial charge in [0.05, 0.1) is 0 Å². The van der Waals surface area contributed by atoms with Crippen LogP contribution in [0.2, 0.25) is 0 Å². The Hall–Kier alpha value is 0. The van der Waals surface area contributed by atoms with Gasteiger partial charge in [-0.05, 0) is 283 Å². The van der Waals surface area contributed by atoms with Gasteiger partial charge in [0, 0.05) is 0 Å². The van der Waals surface area contributed by atoms with Crippen molar-refractivity contribution in [3.8, 4) is 0 Å². The van der Waals surface area contributed by atoms with Crippen molar-refractivity contribution >= 4 is 0 Å². The molecule has 0 aromatic heterocycles. The first-order valence-corrected chi connectivity index (χ1v) is 41.1. The number of hydrogen-bond donors (Lipinski definition) is 0. The molecule has 91 heavy (non-hydrogen) atoms. The zero-order chi connectivity index (χ0) is 70.0. The van der Waals surface area contributed by atoms with Crippen LogP contribution in [0.4, 0.5) is 0 Å². The summed E-state index contributed by atoms with van der Waals surface area (Å²) in [7, 11) is 0. The van der Waals surface area contributed by atoms with Gasteiger partial charge >= 0.3 is 0 Å². The Morgan fingerprint density at radius 1 is 0.286 bits per heavy atom. The van der Waals surface area contributed by atoms with E-state index in [1.807, 2.05) is 0 Å². The second kappa shape index (κ2) is 33.9. The van der Waals surface area contributed by atoms with Gasteiger partial charge in [0.2, 0.25) is 0 Å². The molecule has 7 unspecified atom stereocenters. The van der Waals surface area contributed by atoms with Crippen LogP contribution in [0.25, 0.3) is 0 Å². The van der Waals surface area contributed by atoms with Crippen molar-refractivity contribution in [2.45, 2.75) is 434 Å². The molecule has 0 nitrogen and oxygen atoms in total. The van der Waals surface area contributed by atoms with E-state index in [1.54, 1.807) is 6.42 Å². The summed E-state index contributed by atoms with van der Waals surface area (Å²) in [5.74, 6) is 14.1. The van der Waals surface area contributed by atoms with Crippen LogP contribution in [0.1, 0.15) is 434 Å². The fraction of sp³-hybridized carbons (Fsp3) is 1.00. The average molecular weight is 1270 g/mol. The van der Waals surface area contributed by atoms with Gasteiger partial charge in [-0.25, -0.2) is 0 Å². The maximum Gasteiger partial charge on any atom is -0.0297 e. The van der Waals surface area contributed by atoms with Crippen molar-refractivity contribution in [3.05, 3.63) is 0 Å². The molecule has 0 saturated heterocycles. The van der Waals surface area contributed by atoms with Gasteiger partial charge in [-0.15, -0.1) is 0 Å². The molecule has 0 aromatic rings. The zero-order valence-corrected chi connectivity index (χ0v) is 70.0. The largest absolute Gasteiger partial charge is 0.0651 e. The van der Waals surface area contributed by atoms with Crippen LogP contribution in [0.5, 0.6) is 0 Å². The summed E-state index contributed by atoms with van der Waals surface area (Å²) in [4.78, 5) is 0. The highest BCUT2D eigenvalue weighted by Crippen LogP contribution is 2.58. The highest BCUT2D eigenvalue weighted by atomic mass is 14.5. The quantitative estimate of drug-likeness (QED) is 0.245. The van der Waals surface area contributed by atoms with E-state index in [2.05, 4.69) is 235 Å². The minimum absolute atomic E-state index is 0.547. The number of hydrogen-bond acceptors (Lipinski definition) is 0. The summed E-state index contributed by atoms with van der Waals surface area (Å²) in [6, 6.07) is 0. The van der Waals surface area contributed by atoms with Crippen LogP contribution < -0.4 is 0 Å². The molecule has 542 valence electrons. The molecular formula is C91H178. The van der Waals surface area contributed by atoms with Gasteiger partial charge in [-0.3, -0.25) is 0 Å². The molecule has 0 aromatic carbocycles. The van der Waals surface area contributed by atoms with E-state index in [0.717, 1.165) is 88.3 Å². The number of fused-ring (bicyclic) bond motifs is 4. The van der Waals surface area contributed by atoms with Crippen LogP contribution in [0.3, 0.4) is 0 Å². The summed E-state index contributed by atoms with van der Waals surface area (Å²) >= 11 is 0. The Bertz CT molecular complexity index is 1910. The number of rotatable bonds is 1. The van der Waals surface area contributed by atoms with E-state index in [9.17, 15) is 0 Å². The fourth-order valence-electron chi connectivity index (χ4n) is 24.1. The van der Waals surface area contributed by atoms with Crippen molar-refractivity contribution in [1.29, 1.82) is 0 Å². The van der Waals surface area contributed by atoms with Crippen LogP contribution in [-0.4, -0.2) is 0 Å². The van der Waals surface area contributed by atoms with Crippen molar-refractivity contribution in [2.24, 2.45) is 148 Å². The second-order valence-electron chi connectivity index (χ2n) is 45.5. The van der Waals surface area contributed by atoms with Gasteiger partial charge in [-0.1, -0.05) is 300 Å². The van der Waals surface area contributed by atoms with Crippen LogP contribution in [0, 0.1) is 148 Å². The summed E-state index contributed by atoms with van der Waals surface area (Å²) in [5.41, 5.74) is 7.19. The summed E-state index contributed by atoms with van der Waals surface area (Å²) in [6.45, 7) is 81.9. The van der Waals surface area contributed by atoms with Crippen molar-refractivity contribution in [2.75, 3.05) is 0 Å². The fourth-order valence-corrected chi connectivity index (χ4v) is 24.1. The third-order valence-electron chi connectivity index (χ3n) is 29.2. The molecule has 11 rings (SSSR count). The maximum atomic E-state index is 2.48. The molecule has 11 aliphatic rings. The van der Waals surface area contributed by atoms with Gasteiger partial charge in [0.15, 0.2) is 0 Å². The molecule has 0 amide bonds. The normalized spacial score (nSPS) is 37.1. The second-order valence-corrected chi connectivity index (χ2v) is 45.5. The summed E-state index contributed by atoms with van der Waals surface area (Å²) < 4.78 is 0. The maximum absolute atomic E-state index is 2.48. The minimum Gasteiger partial charge on any atom is -0.0651 e. The van der Waals surface area contributed by atoms with Gasteiger partial charge in [-0.2, -0.15) is 0 Å². The molecule has 0 heteroatoms. The molecular weight excluding hydrogens is 1090 g/mol. The molecule has 0 N–H and O–H groups in total. The highest BCUT2D eigenvalue weighted by molar-refractivity contribution is 4.98. The van der Waals surface area contributed by atoms with Crippen LogP contribution >= 0.6 is 0 Å². The van der Waals surface area contributed by atoms with Gasteiger partial charge in [0.1, 0.15) is 0 Å². The van der Waals surface area contributed by atoms with E-state index >= 15 is 0 Å². The van der Waals surface area contributed by atoms with E-state index in [1.165, 1.54) is 193 Å². The predicted octanol–water partition coefficient (Wildman–Crippen LogP) is 31.3. The van der Waals surface area contributed by atoms with Crippen molar-refractivity contribution < 1.29 is 0 Å². The summed E-state index contributed by atoms with van der Waals surface area (Å²) in [5, 5.41) is 0. The third kappa shape index (κ3) is 29.4. The lowest BCUT2D eigenvalue weighted by atomic mass is 9.56. The average Bonchev–Trinajstić information content (AvgIpc) is 1.87. The molecule has 11 aliphatic carbocycles. The minimum atomic E-state index is 0.547. The molecule has 0 spiro atoms.